The molecule has 1 aromatic rings. The molecule has 2 unspecified atom stereocenters. The van der Waals surface area contributed by atoms with Crippen molar-refractivity contribution in [2.24, 2.45) is 0 Å². The lowest BCUT2D eigenvalue weighted by Gasteiger charge is -2.21. The van der Waals surface area contributed by atoms with Crippen molar-refractivity contribution in [3.63, 3.8) is 0 Å². The summed E-state index contributed by atoms with van der Waals surface area (Å²) in [7, 11) is -1.08. The first kappa shape index (κ1) is 13.8. The normalized spacial score (nSPS) is 22.2. The third kappa shape index (κ3) is 3.38. The van der Waals surface area contributed by atoms with E-state index in [-0.39, 0.29) is 22.9 Å². The van der Waals surface area contributed by atoms with Gasteiger partial charge in [0.1, 0.15) is 5.03 Å². The fourth-order valence-electron chi connectivity index (χ4n) is 1.60. The van der Waals surface area contributed by atoms with Gasteiger partial charge in [-0.3, -0.25) is 4.21 Å². The molecule has 1 aromatic heterocycles. The number of halogens is 2. The zero-order valence-corrected chi connectivity index (χ0v) is 10.9. The van der Waals surface area contributed by atoms with Gasteiger partial charge in [-0.2, -0.15) is 0 Å². The van der Waals surface area contributed by atoms with Gasteiger partial charge in [0, 0.05) is 12.7 Å². The van der Waals surface area contributed by atoms with Gasteiger partial charge in [-0.25, -0.2) is 9.97 Å². The van der Waals surface area contributed by atoms with Crippen LogP contribution in [0, 0.1) is 0 Å². The third-order valence-corrected chi connectivity index (χ3v) is 4.19. The minimum absolute atomic E-state index is 0. The molecule has 0 aliphatic carbocycles. The standard InChI is InChI=1S/C9H12ClN3OS.ClH/c10-9-12-5-3-8(13-9)15(14)7-2-1-4-11-6-7;/h3,5,7,11H,1-2,4,6H2;1H. The molecule has 1 aliphatic heterocycles. The largest absolute Gasteiger partial charge is 0.316 e. The first-order chi connectivity index (χ1) is 7.27. The molecule has 2 atom stereocenters. The van der Waals surface area contributed by atoms with Crippen LogP contribution >= 0.6 is 24.0 Å². The van der Waals surface area contributed by atoms with Crippen LogP contribution in [-0.2, 0) is 10.8 Å². The highest BCUT2D eigenvalue weighted by molar-refractivity contribution is 7.85. The Balaban J connectivity index is 0.00000128. The fraction of sp³-hybridized carbons (Fsp3) is 0.556. The van der Waals surface area contributed by atoms with E-state index >= 15 is 0 Å². The maximum Gasteiger partial charge on any atom is 0.223 e. The summed E-state index contributed by atoms with van der Waals surface area (Å²) >= 11 is 5.66. The molecule has 16 heavy (non-hydrogen) atoms. The number of hydrogen-bond acceptors (Lipinski definition) is 4. The Kier molecular flexibility index (Phi) is 5.61. The van der Waals surface area contributed by atoms with E-state index in [1.165, 1.54) is 0 Å². The van der Waals surface area contributed by atoms with Gasteiger partial charge in [-0.15, -0.1) is 12.4 Å². The molecular formula is C9H13Cl2N3OS. The van der Waals surface area contributed by atoms with Crippen LogP contribution in [0.2, 0.25) is 5.28 Å². The van der Waals surface area contributed by atoms with E-state index < -0.39 is 10.8 Å². The first-order valence-electron chi connectivity index (χ1n) is 4.87. The van der Waals surface area contributed by atoms with Crippen LogP contribution in [0.3, 0.4) is 0 Å². The molecule has 1 N–H and O–H groups in total. The molecule has 0 spiro atoms. The van der Waals surface area contributed by atoms with Gasteiger partial charge in [0.05, 0.1) is 16.0 Å². The summed E-state index contributed by atoms with van der Waals surface area (Å²) in [5, 5.41) is 4.06. The smallest absolute Gasteiger partial charge is 0.223 e. The number of nitrogens with zero attached hydrogens (tertiary/aromatic N) is 2. The molecular weight excluding hydrogens is 269 g/mol. The van der Waals surface area contributed by atoms with Crippen molar-refractivity contribution < 1.29 is 4.21 Å². The summed E-state index contributed by atoms with van der Waals surface area (Å²) in [6.07, 6.45) is 3.58. The van der Waals surface area contributed by atoms with Crippen LogP contribution < -0.4 is 5.32 Å². The fourth-order valence-corrected chi connectivity index (χ4v) is 3.17. The Morgan fingerprint density at radius 1 is 1.56 bits per heavy atom. The van der Waals surface area contributed by atoms with Crippen molar-refractivity contribution in [2.45, 2.75) is 23.1 Å². The van der Waals surface area contributed by atoms with Crippen LogP contribution in [0.5, 0.6) is 0 Å². The van der Waals surface area contributed by atoms with Gasteiger partial charge >= 0.3 is 0 Å². The van der Waals surface area contributed by atoms with E-state index in [4.69, 9.17) is 11.6 Å². The van der Waals surface area contributed by atoms with Crippen LogP contribution in [0.1, 0.15) is 12.8 Å². The van der Waals surface area contributed by atoms with E-state index in [9.17, 15) is 4.21 Å². The average molecular weight is 282 g/mol. The molecule has 1 fully saturated rings. The summed E-state index contributed by atoms with van der Waals surface area (Å²) in [5.74, 6) is 0. The Bertz CT molecular complexity index is 372. The molecule has 2 rings (SSSR count). The van der Waals surface area contributed by atoms with E-state index in [1.54, 1.807) is 12.3 Å². The van der Waals surface area contributed by atoms with Gasteiger partial charge < -0.3 is 5.32 Å². The van der Waals surface area contributed by atoms with Crippen molar-refractivity contribution in [1.29, 1.82) is 0 Å². The minimum Gasteiger partial charge on any atom is -0.316 e. The second-order valence-corrected chi connectivity index (χ2v) is 5.45. The monoisotopic (exact) mass is 281 g/mol. The van der Waals surface area contributed by atoms with Crippen LogP contribution in [0.25, 0.3) is 0 Å². The number of rotatable bonds is 2. The Morgan fingerprint density at radius 3 is 3.00 bits per heavy atom. The van der Waals surface area contributed by atoms with Crippen molar-refractivity contribution in [1.82, 2.24) is 15.3 Å². The van der Waals surface area contributed by atoms with Gasteiger partial charge in [0.2, 0.25) is 5.28 Å². The second-order valence-electron chi connectivity index (χ2n) is 3.43. The van der Waals surface area contributed by atoms with Crippen molar-refractivity contribution >= 4 is 34.8 Å². The summed E-state index contributed by atoms with van der Waals surface area (Å²) < 4.78 is 12.1. The van der Waals surface area contributed by atoms with E-state index in [0.717, 1.165) is 25.9 Å². The van der Waals surface area contributed by atoms with E-state index in [1.807, 2.05) is 0 Å². The number of aromatic nitrogens is 2. The quantitative estimate of drug-likeness (QED) is 0.658. The summed E-state index contributed by atoms with van der Waals surface area (Å²) in [6, 6.07) is 1.66. The Morgan fingerprint density at radius 2 is 2.38 bits per heavy atom. The molecule has 1 aliphatic rings. The summed E-state index contributed by atoms with van der Waals surface area (Å²) in [5.41, 5.74) is 0. The van der Waals surface area contributed by atoms with Crippen LogP contribution in [0.4, 0.5) is 0 Å². The van der Waals surface area contributed by atoms with Crippen molar-refractivity contribution in [2.75, 3.05) is 13.1 Å². The molecule has 1 saturated heterocycles. The summed E-state index contributed by atoms with van der Waals surface area (Å²) in [6.45, 7) is 1.80. The van der Waals surface area contributed by atoms with Gasteiger partial charge in [0.25, 0.3) is 0 Å². The molecule has 0 bridgehead atoms. The molecule has 0 aromatic carbocycles. The zero-order chi connectivity index (χ0) is 10.7. The van der Waals surface area contributed by atoms with E-state index in [0.29, 0.717) is 5.03 Å². The number of hydrogen-bond donors (Lipinski definition) is 1. The average Bonchev–Trinajstić information content (AvgIpc) is 2.29. The highest BCUT2D eigenvalue weighted by atomic mass is 35.5. The molecule has 0 radical (unpaired) electrons. The molecule has 0 saturated carbocycles. The lowest BCUT2D eigenvalue weighted by molar-refractivity contribution is 0.519. The topological polar surface area (TPSA) is 54.9 Å². The minimum atomic E-state index is -1.08. The molecule has 4 nitrogen and oxygen atoms in total. The first-order valence-corrected chi connectivity index (χ1v) is 6.46. The SMILES string of the molecule is Cl.O=S(c1ccnc(Cl)n1)C1CCCNC1. The molecule has 90 valence electrons. The van der Waals surface area contributed by atoms with Crippen LogP contribution in [-0.4, -0.2) is 32.5 Å². The lowest BCUT2D eigenvalue weighted by atomic mass is 10.2. The highest BCUT2D eigenvalue weighted by Crippen LogP contribution is 2.15. The van der Waals surface area contributed by atoms with Crippen LogP contribution in [0.15, 0.2) is 17.3 Å². The number of piperidine rings is 1. The predicted octanol–water partition coefficient (Wildman–Crippen LogP) is 1.41. The molecule has 2 heterocycles. The van der Waals surface area contributed by atoms with Crippen molar-refractivity contribution in [3.05, 3.63) is 17.5 Å². The maximum atomic E-state index is 12.1. The van der Waals surface area contributed by atoms with Gasteiger partial charge in [-0.1, -0.05) is 0 Å². The number of nitrogens with one attached hydrogen (secondary N) is 1. The van der Waals surface area contributed by atoms with E-state index in [2.05, 4.69) is 15.3 Å². The van der Waals surface area contributed by atoms with Gasteiger partial charge in [0.15, 0.2) is 0 Å². The van der Waals surface area contributed by atoms with Gasteiger partial charge in [-0.05, 0) is 37.1 Å². The maximum absolute atomic E-state index is 12.1. The predicted molar refractivity (Wildman–Crippen MR) is 66.6 cm³/mol. The Labute approximate surface area is 108 Å². The summed E-state index contributed by atoms with van der Waals surface area (Å²) in [4.78, 5) is 7.75. The second kappa shape index (κ2) is 6.49. The molecule has 7 heteroatoms. The lowest BCUT2D eigenvalue weighted by Crippen LogP contribution is -2.36. The highest BCUT2D eigenvalue weighted by Gasteiger charge is 2.21. The molecule has 0 amide bonds. The van der Waals surface area contributed by atoms with Crippen molar-refractivity contribution in [3.8, 4) is 0 Å². The zero-order valence-electron chi connectivity index (χ0n) is 8.56. The Hall–Kier alpha value is -0.230. The third-order valence-electron chi connectivity index (χ3n) is 2.36.